The summed E-state index contributed by atoms with van der Waals surface area (Å²) in [6.07, 6.45) is 2.57. The number of alkyl carbamates (subject to hydrolysis) is 1. The van der Waals surface area contributed by atoms with E-state index in [0.29, 0.717) is 50.3 Å². The molecule has 1 aromatic heterocycles. The molecule has 0 unspecified atom stereocenters. The zero-order valence-electron chi connectivity index (χ0n) is 31.4. The van der Waals surface area contributed by atoms with Crippen LogP contribution in [0.3, 0.4) is 0 Å². The molecular weight excluding hydrogens is 686 g/mol. The van der Waals surface area contributed by atoms with E-state index in [2.05, 4.69) is 30.9 Å². The fourth-order valence-electron chi connectivity index (χ4n) is 5.80. The lowest BCUT2D eigenvalue weighted by atomic mass is 10.2. The van der Waals surface area contributed by atoms with Crippen LogP contribution in [0.15, 0.2) is 36.7 Å². The number of hydroxylamine groups is 3. The van der Waals surface area contributed by atoms with Gasteiger partial charge in [0, 0.05) is 25.2 Å². The van der Waals surface area contributed by atoms with E-state index < -0.39 is 35.8 Å². The molecule has 1 aromatic carbocycles. The quantitative estimate of drug-likeness (QED) is 0.105. The standard InChI is InChI=1S/C36H51N9O8/c1-7-45(8-2,9-3)53-28(46)18-14-11-15-19-37-33(48)34(49)43-21-26(20-38-35(50)52-36(4,5)6)51-27(22-43)44-24-41-29-30(39-23-40-31(29)44)42-32(47)25-16-12-10-13-17-25/h10,12-13,16-17,23-24,26-27H,7-9,11,14-15,18-22H2,1-6H3,(H2-,37,38,39,40,42,47,48,50)/q+1/p+1/t26-,27-/m1/s1. The first-order chi connectivity index (χ1) is 25.3. The first kappa shape index (κ1) is 40.6. The minimum absolute atomic E-state index is 0.00788. The van der Waals surface area contributed by atoms with Crippen LogP contribution in [-0.4, -0.2) is 119 Å². The van der Waals surface area contributed by atoms with Gasteiger partial charge in [-0.3, -0.25) is 19.2 Å². The molecular formula is C36H52N9O8+2. The molecule has 0 spiro atoms. The number of anilines is 2. The van der Waals surface area contributed by atoms with E-state index in [1.165, 1.54) is 17.6 Å². The zero-order valence-corrected chi connectivity index (χ0v) is 31.4. The molecule has 1 radical (unpaired) electrons. The highest BCUT2D eigenvalue weighted by Crippen LogP contribution is 2.34. The van der Waals surface area contributed by atoms with Crippen molar-refractivity contribution in [3.63, 3.8) is 0 Å². The maximum atomic E-state index is 13.5. The maximum Gasteiger partial charge on any atom is 0.407 e. The van der Waals surface area contributed by atoms with E-state index in [4.69, 9.17) is 14.3 Å². The molecule has 4 amide bonds. The number of benzene rings is 1. The van der Waals surface area contributed by atoms with E-state index in [9.17, 15) is 24.0 Å². The number of nitrogens with one attached hydrogen (secondary N) is 3. The molecule has 4 rings (SSSR count). The molecule has 2 aromatic rings. The molecule has 2 aliphatic rings. The van der Waals surface area contributed by atoms with E-state index in [-0.39, 0.29) is 60.6 Å². The summed E-state index contributed by atoms with van der Waals surface area (Å²) in [6, 6.07) is 8.64. The van der Waals surface area contributed by atoms with Crippen molar-refractivity contribution in [1.82, 2.24) is 30.5 Å². The number of morpholine rings is 1. The van der Waals surface area contributed by atoms with Gasteiger partial charge in [-0.25, -0.2) is 14.6 Å². The summed E-state index contributed by atoms with van der Waals surface area (Å²) in [7, 11) is 0. The predicted molar refractivity (Wildman–Crippen MR) is 196 cm³/mol. The Morgan fingerprint density at radius 3 is 2.36 bits per heavy atom. The number of aromatic nitrogens is 2. The van der Waals surface area contributed by atoms with Crippen LogP contribution in [0.25, 0.3) is 0 Å². The second kappa shape index (κ2) is 18.6. The number of aliphatic imine (C=N–C) groups is 1. The van der Waals surface area contributed by atoms with Crippen molar-refractivity contribution in [1.29, 1.82) is 0 Å². The van der Waals surface area contributed by atoms with E-state index in [1.54, 1.807) is 56.0 Å². The van der Waals surface area contributed by atoms with Crippen molar-refractivity contribution in [2.75, 3.05) is 56.0 Å². The van der Waals surface area contributed by atoms with Gasteiger partial charge in [-0.2, -0.15) is 9.88 Å². The summed E-state index contributed by atoms with van der Waals surface area (Å²) in [6.45, 7) is 13.5. The highest BCUT2D eigenvalue weighted by Gasteiger charge is 2.44. The van der Waals surface area contributed by atoms with Crippen LogP contribution in [0, 0.1) is 0 Å². The third kappa shape index (κ3) is 11.4. The molecule has 0 aliphatic carbocycles. The SMILES string of the molecule is CC[N+](CC)(CC)OC(=O)CCCCCNC(=O)C(=O)N1C[C@@H](CNC(=O)OC(C)(C)C)O[C@@H](N2C=[N+]c3c(NC(=O)c4ccccc4)ncnc32)C1. The van der Waals surface area contributed by atoms with Crippen molar-refractivity contribution < 1.29 is 42.9 Å². The van der Waals surface area contributed by atoms with Crippen LogP contribution in [-0.2, 0) is 28.7 Å². The average molecular weight is 739 g/mol. The normalized spacial score (nSPS) is 16.8. The summed E-state index contributed by atoms with van der Waals surface area (Å²) < 4.78 is 11.9. The zero-order chi connectivity index (χ0) is 38.6. The molecule has 287 valence electrons. The van der Waals surface area contributed by atoms with Crippen LogP contribution >= 0.6 is 0 Å². The molecule has 1 fully saturated rings. The monoisotopic (exact) mass is 738 g/mol. The Kier molecular flexibility index (Phi) is 14.2. The van der Waals surface area contributed by atoms with Crippen LogP contribution in [0.1, 0.15) is 77.6 Å². The molecule has 1 saturated heterocycles. The first-order valence-corrected chi connectivity index (χ1v) is 18.1. The molecule has 17 nitrogen and oxygen atoms in total. The van der Waals surface area contributed by atoms with Gasteiger partial charge in [0.25, 0.3) is 23.8 Å². The summed E-state index contributed by atoms with van der Waals surface area (Å²) in [5, 5.41) is 8.12. The lowest BCUT2D eigenvalue weighted by molar-refractivity contribution is -1.09. The van der Waals surface area contributed by atoms with Crippen LogP contribution in [0.2, 0.25) is 0 Å². The van der Waals surface area contributed by atoms with Gasteiger partial charge < -0.3 is 30.3 Å². The minimum atomic E-state index is -0.867. The molecule has 2 aliphatic heterocycles. The van der Waals surface area contributed by atoms with Gasteiger partial charge in [0.15, 0.2) is 5.82 Å². The minimum Gasteiger partial charge on any atom is -0.444 e. The third-order valence-electron chi connectivity index (χ3n) is 8.81. The molecule has 0 saturated carbocycles. The number of rotatable bonds is 15. The Hall–Kier alpha value is -5.16. The molecule has 0 bridgehead atoms. The van der Waals surface area contributed by atoms with Gasteiger partial charge in [0.05, 0.1) is 19.1 Å². The lowest BCUT2D eigenvalue weighted by Gasteiger charge is -2.37. The number of hydrogen-bond donors (Lipinski definition) is 3. The Bertz CT molecular complexity index is 1620. The highest BCUT2D eigenvalue weighted by molar-refractivity contribution is 6.35. The highest BCUT2D eigenvalue weighted by atomic mass is 16.7. The van der Waals surface area contributed by atoms with E-state index >= 15 is 0 Å². The number of hydrogen-bond acceptors (Lipinski definition) is 12. The summed E-state index contributed by atoms with van der Waals surface area (Å²) >= 11 is 0. The fourth-order valence-corrected chi connectivity index (χ4v) is 5.80. The van der Waals surface area contributed by atoms with Crippen molar-refractivity contribution in [2.24, 2.45) is 0 Å². The Labute approximate surface area is 310 Å². The lowest BCUT2D eigenvalue weighted by Crippen LogP contribution is -2.60. The number of carbonyl (C=O) groups excluding carboxylic acids is 5. The Morgan fingerprint density at radius 1 is 0.962 bits per heavy atom. The number of amides is 4. The van der Waals surface area contributed by atoms with Gasteiger partial charge >= 0.3 is 23.9 Å². The van der Waals surface area contributed by atoms with Gasteiger partial charge in [-0.05, 0) is 71.5 Å². The van der Waals surface area contributed by atoms with Gasteiger partial charge in [-0.1, -0.05) is 24.6 Å². The van der Waals surface area contributed by atoms with Gasteiger partial charge in [0.1, 0.15) is 31.6 Å². The van der Waals surface area contributed by atoms with Crippen LogP contribution in [0.4, 0.5) is 22.1 Å². The van der Waals surface area contributed by atoms with Crippen molar-refractivity contribution in [2.45, 2.75) is 85.2 Å². The van der Waals surface area contributed by atoms with Gasteiger partial charge in [0.2, 0.25) is 6.23 Å². The van der Waals surface area contributed by atoms with Gasteiger partial charge in [-0.15, -0.1) is 4.65 Å². The van der Waals surface area contributed by atoms with Crippen LogP contribution < -0.4 is 25.8 Å². The second-order valence-corrected chi connectivity index (χ2v) is 13.7. The Balaban J connectivity index is 1.37. The summed E-state index contributed by atoms with van der Waals surface area (Å²) in [5.41, 5.74) is -0.00189. The van der Waals surface area contributed by atoms with E-state index in [0.717, 1.165) is 0 Å². The molecule has 2 atom stereocenters. The number of quaternary nitrogens is 1. The van der Waals surface area contributed by atoms with E-state index in [1.807, 2.05) is 20.8 Å². The first-order valence-electron chi connectivity index (χ1n) is 18.1. The smallest absolute Gasteiger partial charge is 0.407 e. The number of nitrogens with zero attached hydrogens (tertiary/aromatic N) is 6. The third-order valence-corrected chi connectivity index (χ3v) is 8.81. The molecule has 53 heavy (non-hydrogen) atoms. The number of ether oxygens (including phenoxy) is 2. The fraction of sp³-hybridized carbons (Fsp3) is 0.556. The van der Waals surface area contributed by atoms with Crippen LogP contribution in [0.5, 0.6) is 0 Å². The predicted octanol–water partition coefficient (Wildman–Crippen LogP) is 2.63. The average Bonchev–Trinajstić information content (AvgIpc) is 3.59. The van der Waals surface area contributed by atoms with Crippen molar-refractivity contribution in [3.05, 3.63) is 42.2 Å². The number of carbonyl (C=O) groups is 5. The molecule has 3 heterocycles. The molecule has 17 heteroatoms. The Morgan fingerprint density at radius 2 is 1.68 bits per heavy atom. The summed E-state index contributed by atoms with van der Waals surface area (Å²) in [4.78, 5) is 85.8. The largest absolute Gasteiger partial charge is 0.444 e. The molecule has 3 N–H and O–H groups in total. The number of unbranched alkanes of at least 4 members (excludes halogenated alkanes) is 2. The second-order valence-electron chi connectivity index (χ2n) is 13.7. The topological polar surface area (TPSA) is 195 Å². The number of fused-ring (bicyclic) bond motifs is 1. The van der Waals surface area contributed by atoms with Crippen molar-refractivity contribution >= 4 is 53.4 Å². The maximum absolute atomic E-state index is 13.5. The van der Waals surface area contributed by atoms with Crippen molar-refractivity contribution in [3.8, 4) is 0 Å². The summed E-state index contributed by atoms with van der Waals surface area (Å²) in [5.74, 6) is -1.69.